The number of anilines is 1. The highest BCUT2D eigenvalue weighted by Crippen LogP contribution is 2.09. The summed E-state index contributed by atoms with van der Waals surface area (Å²) < 4.78 is 0. The number of carboxylic acid groups (broad SMARTS) is 1. The van der Waals surface area contributed by atoms with Crippen LogP contribution in [-0.2, 0) is 0 Å². The summed E-state index contributed by atoms with van der Waals surface area (Å²) in [7, 11) is 0. The summed E-state index contributed by atoms with van der Waals surface area (Å²) >= 11 is 5.04. The van der Waals surface area contributed by atoms with Gasteiger partial charge in [-0.05, 0) is 43.8 Å². The van der Waals surface area contributed by atoms with E-state index in [1.807, 2.05) is 13.8 Å². The van der Waals surface area contributed by atoms with Crippen molar-refractivity contribution in [3.63, 3.8) is 0 Å². The van der Waals surface area contributed by atoms with Crippen LogP contribution in [0, 0.1) is 0 Å². The Balaban J connectivity index is 2.70. The lowest BCUT2D eigenvalue weighted by Gasteiger charge is -2.13. The van der Waals surface area contributed by atoms with E-state index in [1.165, 1.54) is 12.1 Å². The van der Waals surface area contributed by atoms with E-state index in [2.05, 4.69) is 10.6 Å². The van der Waals surface area contributed by atoms with E-state index in [0.717, 1.165) is 0 Å². The number of benzene rings is 1. The number of hydrogen-bond acceptors (Lipinski definition) is 3. The Hall–Kier alpha value is -1.62. The number of thiocarbonyl (C=S) groups is 1. The number of carbonyl (C=O) groups excluding carboxylic acids is 1. The zero-order chi connectivity index (χ0) is 12.1. The number of carboxylic acids is 1. The second-order valence-electron chi connectivity index (χ2n) is 3.62. The van der Waals surface area contributed by atoms with E-state index in [4.69, 9.17) is 12.2 Å². The third-order valence-electron chi connectivity index (χ3n) is 1.78. The topological polar surface area (TPSA) is 64.2 Å². The van der Waals surface area contributed by atoms with Crippen molar-refractivity contribution in [2.45, 2.75) is 19.9 Å². The highest BCUT2D eigenvalue weighted by molar-refractivity contribution is 7.80. The summed E-state index contributed by atoms with van der Waals surface area (Å²) in [5, 5.41) is 17.0. The van der Waals surface area contributed by atoms with Gasteiger partial charge in [0.05, 0.1) is 5.97 Å². The van der Waals surface area contributed by atoms with Crippen molar-refractivity contribution in [1.29, 1.82) is 0 Å². The van der Waals surface area contributed by atoms with Gasteiger partial charge in [0.2, 0.25) is 0 Å². The molecule has 0 atom stereocenters. The SMILES string of the molecule is CC(C)NC(=S)Nc1cccc(C(=O)[O-])c1. The van der Waals surface area contributed by atoms with Crippen LogP contribution in [0.15, 0.2) is 24.3 Å². The minimum Gasteiger partial charge on any atom is -0.545 e. The molecular formula is C11H13N2O2S-. The molecule has 0 aliphatic carbocycles. The van der Waals surface area contributed by atoms with Gasteiger partial charge in [0.1, 0.15) is 0 Å². The zero-order valence-electron chi connectivity index (χ0n) is 9.11. The van der Waals surface area contributed by atoms with Gasteiger partial charge in [-0.15, -0.1) is 0 Å². The molecule has 0 fully saturated rings. The number of aromatic carboxylic acids is 1. The molecule has 1 rings (SSSR count). The van der Waals surface area contributed by atoms with Gasteiger partial charge in [-0.3, -0.25) is 0 Å². The highest BCUT2D eigenvalue weighted by Gasteiger charge is 2.00. The van der Waals surface area contributed by atoms with Crippen molar-refractivity contribution < 1.29 is 9.90 Å². The first-order chi connectivity index (χ1) is 7.49. The fourth-order valence-corrected chi connectivity index (χ4v) is 1.51. The molecule has 0 unspecified atom stereocenters. The van der Waals surface area contributed by atoms with Gasteiger partial charge in [0, 0.05) is 11.7 Å². The zero-order valence-corrected chi connectivity index (χ0v) is 9.93. The molecule has 0 bridgehead atoms. The van der Waals surface area contributed by atoms with Gasteiger partial charge in [-0.25, -0.2) is 0 Å². The molecule has 0 aromatic heterocycles. The summed E-state index contributed by atoms with van der Waals surface area (Å²) in [6, 6.07) is 6.54. The van der Waals surface area contributed by atoms with Crippen molar-refractivity contribution in [1.82, 2.24) is 5.32 Å². The Labute approximate surface area is 99.7 Å². The van der Waals surface area contributed by atoms with Crippen molar-refractivity contribution >= 4 is 29.0 Å². The molecular weight excluding hydrogens is 224 g/mol. The van der Waals surface area contributed by atoms with Crippen LogP contribution in [0.5, 0.6) is 0 Å². The van der Waals surface area contributed by atoms with Crippen LogP contribution in [0.25, 0.3) is 0 Å². The number of rotatable bonds is 3. The maximum absolute atomic E-state index is 10.6. The summed E-state index contributed by atoms with van der Waals surface area (Å²) in [5.41, 5.74) is 0.747. The van der Waals surface area contributed by atoms with Crippen LogP contribution in [0.1, 0.15) is 24.2 Å². The fourth-order valence-electron chi connectivity index (χ4n) is 1.15. The highest BCUT2D eigenvalue weighted by atomic mass is 32.1. The normalized spacial score (nSPS) is 9.94. The van der Waals surface area contributed by atoms with Crippen LogP contribution in [0.4, 0.5) is 5.69 Å². The Bertz CT molecular complexity index is 405. The van der Waals surface area contributed by atoms with E-state index in [1.54, 1.807) is 12.1 Å². The molecule has 0 spiro atoms. The van der Waals surface area contributed by atoms with E-state index < -0.39 is 5.97 Å². The smallest absolute Gasteiger partial charge is 0.170 e. The van der Waals surface area contributed by atoms with Gasteiger partial charge in [0.25, 0.3) is 0 Å². The number of hydrogen-bond donors (Lipinski definition) is 2. The van der Waals surface area contributed by atoms with Gasteiger partial charge < -0.3 is 20.5 Å². The molecule has 2 N–H and O–H groups in total. The van der Waals surface area contributed by atoms with Gasteiger partial charge in [-0.2, -0.15) is 0 Å². The van der Waals surface area contributed by atoms with Crippen molar-refractivity contribution in [3.8, 4) is 0 Å². The van der Waals surface area contributed by atoms with Crippen molar-refractivity contribution in [2.75, 3.05) is 5.32 Å². The van der Waals surface area contributed by atoms with Gasteiger partial charge in [0.15, 0.2) is 5.11 Å². The Morgan fingerprint density at radius 1 is 1.44 bits per heavy atom. The maximum Gasteiger partial charge on any atom is 0.170 e. The van der Waals surface area contributed by atoms with E-state index in [9.17, 15) is 9.90 Å². The maximum atomic E-state index is 10.6. The average molecular weight is 237 g/mol. The molecule has 1 aromatic rings. The molecule has 0 heterocycles. The van der Waals surface area contributed by atoms with Crippen molar-refractivity contribution in [2.24, 2.45) is 0 Å². The van der Waals surface area contributed by atoms with Crippen molar-refractivity contribution in [3.05, 3.63) is 29.8 Å². The average Bonchev–Trinajstić information content (AvgIpc) is 2.16. The van der Waals surface area contributed by atoms with Crippen LogP contribution >= 0.6 is 12.2 Å². The first-order valence-electron chi connectivity index (χ1n) is 4.88. The third kappa shape index (κ3) is 3.86. The van der Waals surface area contributed by atoms with E-state index in [0.29, 0.717) is 10.8 Å². The Kier molecular flexibility index (Phi) is 4.25. The molecule has 0 amide bonds. The number of carbonyl (C=O) groups is 1. The molecule has 4 nitrogen and oxygen atoms in total. The minimum atomic E-state index is -1.20. The molecule has 1 aromatic carbocycles. The standard InChI is InChI=1S/C11H14N2O2S/c1-7(2)12-11(16)13-9-5-3-4-8(6-9)10(14)15/h3-7H,1-2H3,(H,14,15)(H2,12,13,16)/p-1. The largest absolute Gasteiger partial charge is 0.545 e. The molecule has 0 aliphatic rings. The first-order valence-corrected chi connectivity index (χ1v) is 5.29. The molecule has 0 saturated carbocycles. The van der Waals surface area contributed by atoms with E-state index in [-0.39, 0.29) is 11.6 Å². The summed E-state index contributed by atoms with van der Waals surface area (Å²) in [4.78, 5) is 10.6. The quantitative estimate of drug-likeness (QED) is 0.759. The molecule has 5 heteroatoms. The molecule has 86 valence electrons. The second kappa shape index (κ2) is 5.46. The van der Waals surface area contributed by atoms with Crippen LogP contribution < -0.4 is 15.7 Å². The predicted molar refractivity (Wildman–Crippen MR) is 65.3 cm³/mol. The molecule has 0 radical (unpaired) electrons. The second-order valence-corrected chi connectivity index (χ2v) is 4.03. The van der Waals surface area contributed by atoms with Gasteiger partial charge >= 0.3 is 0 Å². The van der Waals surface area contributed by atoms with Crippen LogP contribution in [0.2, 0.25) is 0 Å². The lowest BCUT2D eigenvalue weighted by molar-refractivity contribution is -0.255. The molecule has 16 heavy (non-hydrogen) atoms. The Morgan fingerprint density at radius 3 is 2.69 bits per heavy atom. The van der Waals surface area contributed by atoms with Crippen LogP contribution in [-0.4, -0.2) is 17.1 Å². The summed E-state index contributed by atoms with van der Waals surface area (Å²) in [6.07, 6.45) is 0. The fraction of sp³-hybridized carbons (Fsp3) is 0.273. The monoisotopic (exact) mass is 237 g/mol. The summed E-state index contributed by atoms with van der Waals surface area (Å²) in [5.74, 6) is -1.20. The third-order valence-corrected chi connectivity index (χ3v) is 2.00. The van der Waals surface area contributed by atoms with Gasteiger partial charge in [-0.1, -0.05) is 12.1 Å². The van der Waals surface area contributed by atoms with E-state index >= 15 is 0 Å². The van der Waals surface area contributed by atoms with Crippen LogP contribution in [0.3, 0.4) is 0 Å². The lowest BCUT2D eigenvalue weighted by Crippen LogP contribution is -2.34. The lowest BCUT2D eigenvalue weighted by atomic mass is 10.2. The number of nitrogens with one attached hydrogen (secondary N) is 2. The first kappa shape index (κ1) is 12.4. The predicted octanol–water partition coefficient (Wildman–Crippen LogP) is 0.745. The molecule has 0 aliphatic heterocycles. The Morgan fingerprint density at radius 2 is 2.12 bits per heavy atom. The minimum absolute atomic E-state index is 0.123. The molecule has 0 saturated heterocycles. The summed E-state index contributed by atoms with van der Waals surface area (Å²) in [6.45, 7) is 3.93.